The SMILES string of the molecule is CC(C)Cc1oc2c3cccc4ccc5cccc(c2c1C=O)c5c43. The van der Waals surface area contributed by atoms with Crippen molar-refractivity contribution in [1.82, 2.24) is 0 Å². The molecule has 0 aliphatic carbocycles. The van der Waals surface area contributed by atoms with Crippen molar-refractivity contribution in [1.29, 1.82) is 0 Å². The summed E-state index contributed by atoms with van der Waals surface area (Å²) in [7, 11) is 0. The maximum atomic E-state index is 12.0. The summed E-state index contributed by atoms with van der Waals surface area (Å²) >= 11 is 0. The van der Waals surface area contributed by atoms with Gasteiger partial charge < -0.3 is 4.42 Å². The van der Waals surface area contributed by atoms with Gasteiger partial charge in [0.25, 0.3) is 0 Å². The fourth-order valence-corrected chi connectivity index (χ4v) is 4.15. The van der Waals surface area contributed by atoms with Gasteiger partial charge in [-0.1, -0.05) is 62.4 Å². The molecule has 2 heteroatoms. The monoisotopic (exact) mass is 326 g/mol. The molecule has 5 rings (SSSR count). The molecule has 0 radical (unpaired) electrons. The van der Waals surface area contributed by atoms with Crippen LogP contribution < -0.4 is 0 Å². The van der Waals surface area contributed by atoms with Crippen LogP contribution in [-0.2, 0) is 6.42 Å². The third kappa shape index (κ3) is 1.88. The number of rotatable bonds is 3. The molecule has 0 aliphatic rings. The number of aldehydes is 1. The number of hydrogen-bond donors (Lipinski definition) is 0. The third-order valence-corrected chi connectivity index (χ3v) is 5.13. The lowest BCUT2D eigenvalue weighted by Crippen LogP contribution is -1.95. The van der Waals surface area contributed by atoms with Gasteiger partial charge in [-0.2, -0.15) is 0 Å². The first kappa shape index (κ1) is 14.5. The average molecular weight is 326 g/mol. The molecule has 0 fully saturated rings. The van der Waals surface area contributed by atoms with Crippen molar-refractivity contribution >= 4 is 49.6 Å². The largest absolute Gasteiger partial charge is 0.460 e. The lowest BCUT2D eigenvalue weighted by atomic mass is 9.91. The van der Waals surface area contributed by atoms with E-state index in [-0.39, 0.29) is 0 Å². The molecule has 4 aromatic carbocycles. The first-order valence-electron chi connectivity index (χ1n) is 8.75. The van der Waals surface area contributed by atoms with Crippen molar-refractivity contribution in [2.75, 3.05) is 0 Å². The molecular weight excluding hydrogens is 308 g/mol. The van der Waals surface area contributed by atoms with E-state index in [2.05, 4.69) is 62.4 Å². The van der Waals surface area contributed by atoms with Crippen LogP contribution in [0.2, 0.25) is 0 Å². The number of carbonyl (C=O) groups excluding carboxylic acids is 1. The molecule has 1 aromatic heterocycles. The smallest absolute Gasteiger partial charge is 0.154 e. The Morgan fingerprint density at radius 3 is 2.16 bits per heavy atom. The standard InChI is InChI=1S/C23H18O2/c1-13(2)11-19-18(12-24)22-16-7-3-5-14-9-10-15-6-4-8-17(23(22)25-19)21(15)20(14)16/h3-10,12-13H,11H2,1-2H3. The van der Waals surface area contributed by atoms with E-state index in [1.807, 2.05) is 0 Å². The highest BCUT2D eigenvalue weighted by molar-refractivity contribution is 6.34. The maximum Gasteiger partial charge on any atom is 0.154 e. The average Bonchev–Trinajstić information content (AvgIpc) is 2.98. The second-order valence-corrected chi connectivity index (χ2v) is 7.23. The Labute approximate surface area is 145 Å². The minimum atomic E-state index is 0.431. The van der Waals surface area contributed by atoms with Crippen LogP contribution in [0, 0.1) is 5.92 Å². The summed E-state index contributed by atoms with van der Waals surface area (Å²) in [5.41, 5.74) is 1.55. The van der Waals surface area contributed by atoms with Crippen LogP contribution in [0.4, 0.5) is 0 Å². The molecule has 0 aliphatic heterocycles. The van der Waals surface area contributed by atoms with Gasteiger partial charge in [-0.15, -0.1) is 0 Å². The number of furan rings is 1. The Kier molecular flexibility index (Phi) is 2.93. The summed E-state index contributed by atoms with van der Waals surface area (Å²) < 4.78 is 6.29. The Balaban J connectivity index is 2.11. The molecule has 0 bridgehead atoms. The van der Waals surface area contributed by atoms with E-state index in [1.54, 1.807) is 0 Å². The summed E-state index contributed by atoms with van der Waals surface area (Å²) in [5, 5.41) is 8.02. The fourth-order valence-electron chi connectivity index (χ4n) is 4.15. The van der Waals surface area contributed by atoms with E-state index in [0.29, 0.717) is 11.5 Å². The summed E-state index contributed by atoms with van der Waals surface area (Å²) in [4.78, 5) is 12.0. The number of carbonyl (C=O) groups is 1. The molecule has 2 nitrogen and oxygen atoms in total. The third-order valence-electron chi connectivity index (χ3n) is 5.13. The fraction of sp³-hybridized carbons (Fsp3) is 0.174. The molecule has 0 N–H and O–H groups in total. The normalized spacial score (nSPS) is 12.3. The van der Waals surface area contributed by atoms with Gasteiger partial charge in [-0.05, 0) is 27.5 Å². The van der Waals surface area contributed by atoms with Crippen LogP contribution in [0.3, 0.4) is 0 Å². The van der Waals surface area contributed by atoms with Crippen molar-refractivity contribution in [3.05, 3.63) is 59.9 Å². The van der Waals surface area contributed by atoms with Gasteiger partial charge in [0.15, 0.2) is 6.29 Å². The molecule has 122 valence electrons. The summed E-state index contributed by atoms with van der Waals surface area (Å²) in [5.74, 6) is 1.23. The van der Waals surface area contributed by atoms with Gasteiger partial charge in [0.2, 0.25) is 0 Å². The highest BCUT2D eigenvalue weighted by Crippen LogP contribution is 2.43. The van der Waals surface area contributed by atoms with Gasteiger partial charge >= 0.3 is 0 Å². The van der Waals surface area contributed by atoms with Crippen molar-refractivity contribution in [2.45, 2.75) is 20.3 Å². The van der Waals surface area contributed by atoms with Crippen LogP contribution in [0.25, 0.3) is 43.3 Å². The molecule has 25 heavy (non-hydrogen) atoms. The minimum absolute atomic E-state index is 0.431. The minimum Gasteiger partial charge on any atom is -0.460 e. The highest BCUT2D eigenvalue weighted by Gasteiger charge is 2.21. The quantitative estimate of drug-likeness (QED) is 0.286. The summed E-state index contributed by atoms with van der Waals surface area (Å²) in [6.45, 7) is 4.29. The van der Waals surface area contributed by atoms with Crippen molar-refractivity contribution in [2.24, 2.45) is 5.92 Å². The van der Waals surface area contributed by atoms with Crippen LogP contribution in [0.15, 0.2) is 52.9 Å². The van der Waals surface area contributed by atoms with Crippen LogP contribution >= 0.6 is 0 Å². The zero-order valence-electron chi connectivity index (χ0n) is 14.3. The predicted molar refractivity (Wildman–Crippen MR) is 104 cm³/mol. The predicted octanol–water partition coefficient (Wildman–Crippen LogP) is 6.34. The Morgan fingerprint density at radius 2 is 1.52 bits per heavy atom. The first-order chi connectivity index (χ1) is 12.2. The van der Waals surface area contributed by atoms with Gasteiger partial charge in [0, 0.05) is 22.6 Å². The Hall–Kier alpha value is -2.87. The van der Waals surface area contributed by atoms with Gasteiger partial charge in [-0.25, -0.2) is 0 Å². The second kappa shape index (κ2) is 5.06. The van der Waals surface area contributed by atoms with Gasteiger partial charge in [-0.3, -0.25) is 4.79 Å². The molecule has 1 heterocycles. The lowest BCUT2D eigenvalue weighted by molar-refractivity contribution is 0.112. The van der Waals surface area contributed by atoms with Crippen molar-refractivity contribution in [3.63, 3.8) is 0 Å². The second-order valence-electron chi connectivity index (χ2n) is 7.23. The van der Waals surface area contributed by atoms with E-state index in [0.717, 1.165) is 40.2 Å². The van der Waals surface area contributed by atoms with Gasteiger partial charge in [0.1, 0.15) is 11.3 Å². The Morgan fingerprint density at radius 1 is 0.880 bits per heavy atom. The van der Waals surface area contributed by atoms with E-state index in [4.69, 9.17) is 4.42 Å². The first-order valence-corrected chi connectivity index (χ1v) is 8.75. The van der Waals surface area contributed by atoms with E-state index < -0.39 is 0 Å². The van der Waals surface area contributed by atoms with E-state index in [9.17, 15) is 4.79 Å². The summed E-state index contributed by atoms with van der Waals surface area (Å²) in [6.07, 6.45) is 1.73. The van der Waals surface area contributed by atoms with Crippen molar-refractivity contribution in [3.8, 4) is 0 Å². The molecular formula is C23H18O2. The maximum absolute atomic E-state index is 12.0. The molecule has 0 saturated carbocycles. The molecule has 0 saturated heterocycles. The lowest BCUT2D eigenvalue weighted by Gasteiger charge is -2.11. The molecule has 0 atom stereocenters. The highest BCUT2D eigenvalue weighted by atomic mass is 16.3. The Bertz CT molecular complexity index is 1260. The van der Waals surface area contributed by atoms with Crippen LogP contribution in [0.1, 0.15) is 30.0 Å². The number of fused-ring (bicyclic) bond motifs is 3. The number of hydrogen-bond acceptors (Lipinski definition) is 2. The van der Waals surface area contributed by atoms with Crippen LogP contribution in [0.5, 0.6) is 0 Å². The zero-order valence-corrected chi connectivity index (χ0v) is 14.3. The molecule has 0 amide bonds. The zero-order chi connectivity index (χ0) is 17.1. The molecule has 0 spiro atoms. The van der Waals surface area contributed by atoms with Gasteiger partial charge in [0.05, 0.1) is 5.56 Å². The summed E-state index contributed by atoms with van der Waals surface area (Å²) in [6, 6.07) is 16.9. The van der Waals surface area contributed by atoms with E-state index in [1.165, 1.54) is 21.5 Å². The number of benzene rings is 4. The molecule has 5 aromatic rings. The molecule has 0 unspecified atom stereocenters. The van der Waals surface area contributed by atoms with Crippen molar-refractivity contribution < 1.29 is 9.21 Å². The van der Waals surface area contributed by atoms with Crippen LogP contribution in [-0.4, -0.2) is 6.29 Å². The topological polar surface area (TPSA) is 30.2 Å². The van der Waals surface area contributed by atoms with E-state index >= 15 is 0 Å².